The van der Waals surface area contributed by atoms with E-state index in [2.05, 4.69) is 10.2 Å². The minimum Gasteiger partial charge on any atom is -0.506 e. The van der Waals surface area contributed by atoms with Crippen LogP contribution in [0.1, 0.15) is 0 Å². The van der Waals surface area contributed by atoms with Crippen LogP contribution in [0.2, 0.25) is 0 Å². The highest BCUT2D eigenvalue weighted by Crippen LogP contribution is 2.28. The van der Waals surface area contributed by atoms with Gasteiger partial charge in [0, 0.05) is 0 Å². The number of nitrogens with zero attached hydrogens (tertiary/aromatic N) is 2. The summed E-state index contributed by atoms with van der Waals surface area (Å²) in [4.78, 5) is 0. The number of rotatable bonds is 2. The molecule has 0 spiro atoms. The summed E-state index contributed by atoms with van der Waals surface area (Å²) in [5.74, 6) is 0.00524. The van der Waals surface area contributed by atoms with Crippen LogP contribution in [0.4, 0.5) is 22.7 Å². The zero-order valence-electron chi connectivity index (χ0n) is 9.41. The van der Waals surface area contributed by atoms with Crippen LogP contribution in [0, 0.1) is 0 Å². The second-order valence-corrected chi connectivity index (χ2v) is 3.69. The minimum atomic E-state index is 0.00262. The molecule has 0 aliphatic rings. The number of benzene rings is 2. The first kappa shape index (κ1) is 11.7. The molecule has 6 heteroatoms. The van der Waals surface area contributed by atoms with Crippen molar-refractivity contribution in [1.29, 1.82) is 0 Å². The number of hydrogen-bond donors (Lipinski definition) is 4. The molecule has 0 aliphatic carbocycles. The smallest absolute Gasteiger partial charge is 0.138 e. The standard InChI is InChI=1S/C12H12N4O2/c13-9-5-7(1-3-11(9)17)15-16-8-2-4-12(18)10(14)6-8/h1-6,17-18H,13-14H2. The van der Waals surface area contributed by atoms with Gasteiger partial charge in [-0.05, 0) is 36.4 Å². The van der Waals surface area contributed by atoms with Crippen LogP contribution < -0.4 is 11.5 Å². The Morgan fingerprint density at radius 3 is 1.44 bits per heavy atom. The normalized spacial score (nSPS) is 10.9. The summed E-state index contributed by atoms with van der Waals surface area (Å²) in [6, 6.07) is 9.05. The molecule has 0 amide bonds. The Labute approximate surface area is 103 Å². The lowest BCUT2D eigenvalue weighted by atomic mass is 10.2. The van der Waals surface area contributed by atoms with Gasteiger partial charge in [-0.15, -0.1) is 0 Å². The van der Waals surface area contributed by atoms with E-state index in [1.807, 2.05) is 0 Å². The molecule has 0 atom stereocenters. The number of nitrogens with two attached hydrogens (primary N) is 2. The van der Waals surface area contributed by atoms with Gasteiger partial charge in [0.1, 0.15) is 11.5 Å². The number of aromatic hydroxyl groups is 2. The summed E-state index contributed by atoms with van der Waals surface area (Å²) in [6.07, 6.45) is 0. The SMILES string of the molecule is Nc1cc(N=Nc2ccc(O)c(N)c2)ccc1O. The first-order valence-electron chi connectivity index (χ1n) is 5.15. The third kappa shape index (κ3) is 2.49. The Morgan fingerprint density at radius 1 is 0.722 bits per heavy atom. The zero-order chi connectivity index (χ0) is 13.1. The topological polar surface area (TPSA) is 117 Å². The van der Waals surface area contributed by atoms with Crippen molar-refractivity contribution in [2.45, 2.75) is 0 Å². The Bertz CT molecular complexity index is 558. The van der Waals surface area contributed by atoms with Crippen molar-refractivity contribution >= 4 is 22.7 Å². The lowest BCUT2D eigenvalue weighted by molar-refractivity contribution is 0.477. The van der Waals surface area contributed by atoms with Crippen LogP contribution >= 0.6 is 0 Å². The number of nitrogen functional groups attached to an aromatic ring is 2. The second kappa shape index (κ2) is 4.62. The van der Waals surface area contributed by atoms with Gasteiger partial charge in [0.2, 0.25) is 0 Å². The van der Waals surface area contributed by atoms with Crippen LogP contribution in [0.5, 0.6) is 11.5 Å². The molecule has 0 radical (unpaired) electrons. The van der Waals surface area contributed by atoms with Gasteiger partial charge in [-0.3, -0.25) is 0 Å². The molecule has 2 aromatic rings. The summed E-state index contributed by atoms with van der Waals surface area (Å²) in [7, 11) is 0. The van der Waals surface area contributed by atoms with Crippen molar-refractivity contribution in [2.75, 3.05) is 11.5 Å². The average molecular weight is 244 g/mol. The molecule has 18 heavy (non-hydrogen) atoms. The molecule has 0 saturated carbocycles. The average Bonchev–Trinajstić information content (AvgIpc) is 2.35. The molecule has 0 bridgehead atoms. The van der Waals surface area contributed by atoms with Crippen LogP contribution in [0.3, 0.4) is 0 Å². The highest BCUT2D eigenvalue weighted by atomic mass is 16.3. The molecule has 0 heterocycles. The van der Waals surface area contributed by atoms with Crippen molar-refractivity contribution in [3.63, 3.8) is 0 Å². The van der Waals surface area contributed by atoms with Gasteiger partial charge in [-0.2, -0.15) is 10.2 Å². The van der Waals surface area contributed by atoms with E-state index >= 15 is 0 Å². The van der Waals surface area contributed by atoms with E-state index in [1.165, 1.54) is 24.3 Å². The molecular weight excluding hydrogens is 232 g/mol. The fraction of sp³-hybridized carbons (Fsp3) is 0. The predicted octanol–water partition coefficient (Wildman–Crippen LogP) is 2.68. The summed E-state index contributed by atoms with van der Waals surface area (Å²) >= 11 is 0. The van der Waals surface area contributed by atoms with Crippen LogP contribution in [-0.2, 0) is 0 Å². The number of phenols is 2. The fourth-order valence-electron chi connectivity index (χ4n) is 1.32. The van der Waals surface area contributed by atoms with Gasteiger partial charge in [0.15, 0.2) is 0 Å². The highest BCUT2D eigenvalue weighted by Gasteiger charge is 1.99. The Hall–Kier alpha value is -2.76. The molecule has 2 rings (SSSR count). The van der Waals surface area contributed by atoms with E-state index in [4.69, 9.17) is 11.5 Å². The summed E-state index contributed by atoms with van der Waals surface area (Å²) < 4.78 is 0. The van der Waals surface area contributed by atoms with E-state index < -0.39 is 0 Å². The molecular formula is C12H12N4O2. The molecule has 0 saturated heterocycles. The van der Waals surface area contributed by atoms with Gasteiger partial charge in [-0.1, -0.05) is 0 Å². The molecule has 6 N–H and O–H groups in total. The van der Waals surface area contributed by atoms with Crippen LogP contribution in [-0.4, -0.2) is 10.2 Å². The molecule has 0 aliphatic heterocycles. The zero-order valence-corrected chi connectivity index (χ0v) is 9.41. The number of phenolic OH excluding ortho intramolecular Hbond substituents is 2. The number of anilines is 2. The number of hydrogen-bond acceptors (Lipinski definition) is 6. The van der Waals surface area contributed by atoms with Crippen molar-refractivity contribution in [3.05, 3.63) is 36.4 Å². The first-order chi connectivity index (χ1) is 8.56. The molecule has 0 unspecified atom stereocenters. The van der Waals surface area contributed by atoms with Gasteiger partial charge < -0.3 is 21.7 Å². The van der Waals surface area contributed by atoms with E-state index in [9.17, 15) is 10.2 Å². The Morgan fingerprint density at radius 2 is 1.11 bits per heavy atom. The maximum Gasteiger partial charge on any atom is 0.138 e. The van der Waals surface area contributed by atoms with Gasteiger partial charge in [0.05, 0.1) is 22.7 Å². The van der Waals surface area contributed by atoms with Crippen LogP contribution in [0.25, 0.3) is 0 Å². The van der Waals surface area contributed by atoms with Gasteiger partial charge >= 0.3 is 0 Å². The third-order valence-electron chi connectivity index (χ3n) is 2.30. The molecule has 2 aromatic carbocycles. The Kier molecular flexibility index (Phi) is 3.01. The monoisotopic (exact) mass is 244 g/mol. The molecule has 6 nitrogen and oxygen atoms in total. The highest BCUT2D eigenvalue weighted by molar-refractivity contribution is 5.61. The lowest BCUT2D eigenvalue weighted by Gasteiger charge is -2.00. The van der Waals surface area contributed by atoms with Crippen molar-refractivity contribution in [1.82, 2.24) is 0 Å². The predicted molar refractivity (Wildman–Crippen MR) is 69.2 cm³/mol. The third-order valence-corrected chi connectivity index (χ3v) is 2.30. The quantitative estimate of drug-likeness (QED) is 0.369. The molecule has 0 fully saturated rings. The first-order valence-corrected chi connectivity index (χ1v) is 5.15. The maximum absolute atomic E-state index is 9.25. The minimum absolute atomic E-state index is 0.00262. The van der Waals surface area contributed by atoms with Gasteiger partial charge in [0.25, 0.3) is 0 Å². The maximum atomic E-state index is 9.25. The van der Waals surface area contributed by atoms with Crippen molar-refractivity contribution in [2.24, 2.45) is 10.2 Å². The largest absolute Gasteiger partial charge is 0.506 e. The van der Waals surface area contributed by atoms with Crippen molar-refractivity contribution < 1.29 is 10.2 Å². The Balaban J connectivity index is 2.24. The lowest BCUT2D eigenvalue weighted by Crippen LogP contribution is -1.84. The van der Waals surface area contributed by atoms with Crippen LogP contribution in [0.15, 0.2) is 46.6 Å². The van der Waals surface area contributed by atoms with E-state index in [0.29, 0.717) is 11.4 Å². The van der Waals surface area contributed by atoms with Gasteiger partial charge in [-0.25, -0.2) is 0 Å². The summed E-state index contributed by atoms with van der Waals surface area (Å²) in [6.45, 7) is 0. The number of azo groups is 1. The van der Waals surface area contributed by atoms with E-state index in [-0.39, 0.29) is 22.9 Å². The second-order valence-electron chi connectivity index (χ2n) is 3.69. The molecule has 0 aromatic heterocycles. The summed E-state index contributed by atoms with van der Waals surface area (Å²) in [5.41, 5.74) is 12.5. The summed E-state index contributed by atoms with van der Waals surface area (Å²) in [5, 5.41) is 26.4. The van der Waals surface area contributed by atoms with E-state index in [0.717, 1.165) is 0 Å². The van der Waals surface area contributed by atoms with Crippen molar-refractivity contribution in [3.8, 4) is 11.5 Å². The fourth-order valence-corrected chi connectivity index (χ4v) is 1.32. The van der Waals surface area contributed by atoms with E-state index in [1.54, 1.807) is 12.1 Å². The molecule has 92 valence electrons.